The van der Waals surface area contributed by atoms with Crippen LogP contribution in [-0.2, 0) is 12.8 Å². The Morgan fingerprint density at radius 3 is 2.59 bits per heavy atom. The zero-order valence-corrected chi connectivity index (χ0v) is 21.1. The van der Waals surface area contributed by atoms with E-state index in [4.69, 9.17) is 16.6 Å². The number of aromatic nitrogens is 2. The highest BCUT2D eigenvalue weighted by Gasteiger charge is 2.32. The van der Waals surface area contributed by atoms with Gasteiger partial charge in [0, 0.05) is 9.90 Å². The van der Waals surface area contributed by atoms with Gasteiger partial charge in [0.2, 0.25) is 5.95 Å². The highest BCUT2D eigenvalue weighted by molar-refractivity contribution is 7.18. The minimum absolute atomic E-state index is 0.0490. The Hall–Kier alpha value is -2.96. The number of para-hydroxylation sites is 1. The molecule has 174 valence electrons. The van der Waals surface area contributed by atoms with E-state index in [-0.39, 0.29) is 11.0 Å². The summed E-state index contributed by atoms with van der Waals surface area (Å²) in [6, 6.07) is 17.0. The first-order valence-electron chi connectivity index (χ1n) is 11.5. The maximum absolute atomic E-state index is 13.9. The number of halogens is 1. The van der Waals surface area contributed by atoms with Gasteiger partial charge in [0.05, 0.1) is 17.3 Å². The molecular weight excluding hydrogens is 464 g/mol. The van der Waals surface area contributed by atoms with Gasteiger partial charge in [-0.25, -0.2) is 15.0 Å². The number of fused-ring (bicyclic) bond motifs is 3. The number of benzene rings is 2. The molecule has 0 bridgehead atoms. The standard InChI is InChI=1S/C27H27ClN4OS/c1-27(2,3)18-11-14-21-22(15-18)34-24-23(21)25(33)32(20-7-5-4-6-8-20)26(30-24)31-29-16-17-9-12-19(28)13-10-17/h4-10,12-13,16,18H,11,14-15H2,1-3H3,(H,30,31). The Morgan fingerprint density at radius 2 is 1.88 bits per heavy atom. The van der Waals surface area contributed by atoms with Crippen molar-refractivity contribution in [3.8, 4) is 5.69 Å². The first-order valence-corrected chi connectivity index (χ1v) is 12.7. The van der Waals surface area contributed by atoms with Crippen molar-refractivity contribution < 1.29 is 0 Å². The third kappa shape index (κ3) is 4.40. The summed E-state index contributed by atoms with van der Waals surface area (Å²) in [5.41, 5.74) is 6.04. The van der Waals surface area contributed by atoms with Crippen LogP contribution in [0.3, 0.4) is 0 Å². The topological polar surface area (TPSA) is 59.3 Å². The van der Waals surface area contributed by atoms with Crippen molar-refractivity contribution in [1.29, 1.82) is 0 Å². The highest BCUT2D eigenvalue weighted by atomic mass is 35.5. The molecule has 1 unspecified atom stereocenters. The van der Waals surface area contributed by atoms with Gasteiger partial charge in [-0.2, -0.15) is 5.10 Å². The minimum Gasteiger partial charge on any atom is -0.268 e. The molecule has 2 aromatic heterocycles. The van der Waals surface area contributed by atoms with Crippen molar-refractivity contribution in [3.63, 3.8) is 0 Å². The summed E-state index contributed by atoms with van der Waals surface area (Å²) in [5.74, 6) is 1.01. The molecule has 34 heavy (non-hydrogen) atoms. The number of rotatable bonds is 4. The van der Waals surface area contributed by atoms with E-state index in [9.17, 15) is 4.79 Å². The van der Waals surface area contributed by atoms with E-state index >= 15 is 0 Å². The molecule has 2 heterocycles. The number of hydrogen-bond donors (Lipinski definition) is 1. The molecule has 0 saturated carbocycles. The van der Waals surface area contributed by atoms with Crippen molar-refractivity contribution in [1.82, 2.24) is 9.55 Å². The Labute approximate surface area is 208 Å². The fourth-order valence-corrected chi connectivity index (χ4v) is 5.99. The van der Waals surface area contributed by atoms with Crippen LogP contribution in [0.25, 0.3) is 15.9 Å². The summed E-state index contributed by atoms with van der Waals surface area (Å²) in [4.78, 5) is 20.8. The van der Waals surface area contributed by atoms with Crippen molar-refractivity contribution in [2.45, 2.75) is 40.0 Å². The molecule has 0 amide bonds. The summed E-state index contributed by atoms with van der Waals surface area (Å²) >= 11 is 7.63. The molecule has 0 radical (unpaired) electrons. The number of nitrogens with zero attached hydrogens (tertiary/aromatic N) is 3. The van der Waals surface area contributed by atoms with E-state index in [1.807, 2.05) is 54.6 Å². The molecule has 1 aliphatic carbocycles. The van der Waals surface area contributed by atoms with Gasteiger partial charge in [0.25, 0.3) is 5.56 Å². The van der Waals surface area contributed by atoms with Gasteiger partial charge in [0.1, 0.15) is 4.83 Å². The van der Waals surface area contributed by atoms with Gasteiger partial charge in [-0.05, 0) is 66.0 Å². The Balaban J connectivity index is 1.60. The summed E-state index contributed by atoms with van der Waals surface area (Å²) in [5, 5.41) is 5.79. The number of nitrogens with one attached hydrogen (secondary N) is 1. The largest absolute Gasteiger partial charge is 0.268 e. The number of aryl methyl sites for hydroxylation is 1. The van der Waals surface area contributed by atoms with Crippen LogP contribution in [0.15, 0.2) is 64.5 Å². The molecular formula is C27H27ClN4OS. The van der Waals surface area contributed by atoms with E-state index in [1.54, 1.807) is 22.1 Å². The molecule has 7 heteroatoms. The molecule has 0 spiro atoms. The van der Waals surface area contributed by atoms with E-state index in [2.05, 4.69) is 31.3 Å². The van der Waals surface area contributed by atoms with Gasteiger partial charge in [-0.15, -0.1) is 11.3 Å². The van der Waals surface area contributed by atoms with E-state index in [0.29, 0.717) is 16.9 Å². The number of hydrazone groups is 1. The van der Waals surface area contributed by atoms with Gasteiger partial charge in [-0.3, -0.25) is 4.79 Å². The van der Waals surface area contributed by atoms with Crippen LogP contribution in [0.2, 0.25) is 5.02 Å². The maximum atomic E-state index is 13.9. The summed E-state index contributed by atoms with van der Waals surface area (Å²) < 4.78 is 1.63. The van der Waals surface area contributed by atoms with Crippen molar-refractivity contribution in [3.05, 3.63) is 86.0 Å². The SMILES string of the molecule is CC(C)(C)C1CCc2c(sc3nc(NN=Cc4ccc(Cl)cc4)n(-c4ccccc4)c(=O)c23)C1. The monoisotopic (exact) mass is 490 g/mol. The Morgan fingerprint density at radius 1 is 1.15 bits per heavy atom. The summed E-state index contributed by atoms with van der Waals surface area (Å²) in [6.07, 6.45) is 4.71. The number of thiophene rings is 1. The molecule has 2 aromatic carbocycles. The molecule has 1 atom stereocenters. The quantitative estimate of drug-likeness (QED) is 0.256. The second-order valence-corrected chi connectivity index (χ2v) is 11.3. The predicted molar refractivity (Wildman–Crippen MR) is 143 cm³/mol. The summed E-state index contributed by atoms with van der Waals surface area (Å²) in [7, 11) is 0. The maximum Gasteiger partial charge on any atom is 0.268 e. The smallest absolute Gasteiger partial charge is 0.268 e. The Bertz CT molecular complexity index is 1420. The van der Waals surface area contributed by atoms with E-state index < -0.39 is 0 Å². The van der Waals surface area contributed by atoms with Crippen LogP contribution in [0.4, 0.5) is 5.95 Å². The lowest BCUT2D eigenvalue weighted by Crippen LogP contribution is -2.27. The third-order valence-electron chi connectivity index (χ3n) is 6.57. The van der Waals surface area contributed by atoms with Gasteiger partial charge >= 0.3 is 0 Å². The van der Waals surface area contributed by atoms with Gasteiger partial charge in [-0.1, -0.05) is 62.7 Å². The molecule has 0 fully saturated rings. The molecule has 0 saturated heterocycles. The molecule has 1 aliphatic rings. The first kappa shape index (κ1) is 22.8. The fourth-order valence-electron chi connectivity index (χ4n) is 4.57. The highest BCUT2D eigenvalue weighted by Crippen LogP contribution is 2.42. The average Bonchev–Trinajstić information content (AvgIpc) is 3.18. The van der Waals surface area contributed by atoms with Crippen LogP contribution in [0.1, 0.15) is 43.2 Å². The molecule has 1 N–H and O–H groups in total. The van der Waals surface area contributed by atoms with Crippen LogP contribution >= 0.6 is 22.9 Å². The minimum atomic E-state index is -0.0490. The van der Waals surface area contributed by atoms with Crippen molar-refractivity contribution in [2.75, 3.05) is 5.43 Å². The second-order valence-electron chi connectivity index (χ2n) is 9.82. The van der Waals surface area contributed by atoms with Crippen LogP contribution in [0.5, 0.6) is 0 Å². The Kier molecular flexibility index (Phi) is 6.04. The molecule has 0 aliphatic heterocycles. The lowest BCUT2D eigenvalue weighted by molar-refractivity contribution is 0.218. The average molecular weight is 491 g/mol. The lowest BCUT2D eigenvalue weighted by Gasteiger charge is -2.33. The predicted octanol–water partition coefficient (Wildman–Crippen LogP) is 6.70. The third-order valence-corrected chi connectivity index (χ3v) is 7.97. The van der Waals surface area contributed by atoms with Crippen LogP contribution < -0.4 is 11.0 Å². The second kappa shape index (κ2) is 9.01. The molecule has 5 nitrogen and oxygen atoms in total. The van der Waals surface area contributed by atoms with Gasteiger partial charge in [0.15, 0.2) is 0 Å². The lowest BCUT2D eigenvalue weighted by atomic mass is 9.72. The number of anilines is 1. The van der Waals surface area contributed by atoms with Crippen LogP contribution in [0, 0.1) is 11.3 Å². The molecule has 4 aromatic rings. The summed E-state index contributed by atoms with van der Waals surface area (Å²) in [6.45, 7) is 6.91. The molecule has 5 rings (SSSR count). The first-order chi connectivity index (χ1) is 16.3. The number of hydrogen-bond acceptors (Lipinski definition) is 5. The van der Waals surface area contributed by atoms with E-state index in [1.165, 1.54) is 10.4 Å². The fraction of sp³-hybridized carbons (Fsp3) is 0.296. The zero-order valence-electron chi connectivity index (χ0n) is 19.5. The van der Waals surface area contributed by atoms with E-state index in [0.717, 1.165) is 40.7 Å². The van der Waals surface area contributed by atoms with Crippen molar-refractivity contribution >= 4 is 45.3 Å². The van der Waals surface area contributed by atoms with Crippen LogP contribution in [-0.4, -0.2) is 15.8 Å². The van der Waals surface area contributed by atoms with Gasteiger partial charge < -0.3 is 0 Å². The zero-order chi connectivity index (χ0) is 23.9. The normalized spacial score (nSPS) is 16.2. The van der Waals surface area contributed by atoms with Crippen molar-refractivity contribution in [2.24, 2.45) is 16.4 Å².